The molecule has 41 heavy (non-hydrogen) atoms. The number of carbonyl (C=O) groups excluding carboxylic acids is 2. The van der Waals surface area contributed by atoms with Crippen LogP contribution in [0.2, 0.25) is 0 Å². The van der Waals surface area contributed by atoms with Gasteiger partial charge in [-0.25, -0.2) is 0 Å². The minimum atomic E-state index is -0.677. The summed E-state index contributed by atoms with van der Waals surface area (Å²) in [6, 6.07) is 7.42. The van der Waals surface area contributed by atoms with Crippen molar-refractivity contribution in [1.82, 2.24) is 15.6 Å². The molecular formula is C33H48BN3O4. The maximum Gasteiger partial charge on any atom is 0.481 e. The third-order valence-electron chi connectivity index (χ3n) is 11.0. The summed E-state index contributed by atoms with van der Waals surface area (Å²) in [6.45, 7) is 11.3. The van der Waals surface area contributed by atoms with E-state index < -0.39 is 13.2 Å². The second kappa shape index (κ2) is 11.1. The van der Waals surface area contributed by atoms with Gasteiger partial charge < -0.3 is 24.9 Å². The van der Waals surface area contributed by atoms with Gasteiger partial charge >= 0.3 is 7.12 Å². The quantitative estimate of drug-likeness (QED) is 0.331. The van der Waals surface area contributed by atoms with Crippen LogP contribution in [0.3, 0.4) is 0 Å². The standard InChI is InChI=1S/C33H48BN3O4/c1-20(2)14-29(34-40-28-18-23-17-27(32(23,3)4)33(28,5)41-34)37-31(39)26(36-30(38)15-21-10-6-7-11-21)16-22-19-35-25-13-9-8-12-24(22)25/h8-9,12-13,19-21,23,26-29,35H,6-7,10-11,14-18H2,1-5H3,(H,36,38)(H,37,39)/t23-,26-,27-,28+,29-,33-/m0/s1. The number of aromatic nitrogens is 1. The zero-order chi connectivity index (χ0) is 28.9. The Labute approximate surface area is 245 Å². The van der Waals surface area contributed by atoms with Crippen LogP contribution in [0.5, 0.6) is 0 Å². The number of rotatable bonds is 10. The summed E-state index contributed by atoms with van der Waals surface area (Å²) >= 11 is 0. The average Bonchev–Trinajstić information content (AvgIpc) is 3.66. The minimum Gasteiger partial charge on any atom is -0.404 e. The number of nitrogens with one attached hydrogen (secondary N) is 3. The maximum absolute atomic E-state index is 14.0. The molecule has 1 aromatic heterocycles. The van der Waals surface area contributed by atoms with Crippen molar-refractivity contribution in [2.24, 2.45) is 29.1 Å². The van der Waals surface area contributed by atoms with Crippen molar-refractivity contribution >= 4 is 29.8 Å². The predicted molar refractivity (Wildman–Crippen MR) is 162 cm³/mol. The molecule has 3 N–H and O–H groups in total. The molecule has 5 aliphatic rings. The lowest BCUT2D eigenvalue weighted by Gasteiger charge is -2.64. The van der Waals surface area contributed by atoms with Gasteiger partial charge in [0.15, 0.2) is 0 Å². The molecule has 222 valence electrons. The van der Waals surface area contributed by atoms with E-state index in [0.29, 0.717) is 36.5 Å². The Morgan fingerprint density at radius 3 is 2.59 bits per heavy atom. The number of aromatic amines is 1. The highest BCUT2D eigenvalue weighted by Crippen LogP contribution is 2.65. The summed E-state index contributed by atoms with van der Waals surface area (Å²) in [6.07, 6.45) is 10.4. The van der Waals surface area contributed by atoms with E-state index in [2.05, 4.69) is 56.3 Å². The third kappa shape index (κ3) is 5.47. The summed E-state index contributed by atoms with van der Waals surface area (Å²) in [4.78, 5) is 30.6. The van der Waals surface area contributed by atoms with Gasteiger partial charge in [-0.2, -0.15) is 0 Å². The van der Waals surface area contributed by atoms with Crippen LogP contribution < -0.4 is 10.6 Å². The predicted octanol–water partition coefficient (Wildman–Crippen LogP) is 5.57. The monoisotopic (exact) mass is 561 g/mol. The van der Waals surface area contributed by atoms with Gasteiger partial charge in [0.25, 0.3) is 0 Å². The van der Waals surface area contributed by atoms with E-state index >= 15 is 0 Å². The number of hydrogen-bond donors (Lipinski definition) is 3. The van der Waals surface area contributed by atoms with E-state index in [1.165, 1.54) is 19.3 Å². The second-order valence-corrected chi connectivity index (χ2v) is 14.6. The van der Waals surface area contributed by atoms with E-state index in [-0.39, 0.29) is 34.9 Å². The van der Waals surface area contributed by atoms with Gasteiger partial charge in [-0.1, -0.05) is 58.7 Å². The number of carbonyl (C=O) groups is 2. The largest absolute Gasteiger partial charge is 0.481 e. The number of para-hydroxylation sites is 1. The Bertz CT molecular complexity index is 1270. The van der Waals surface area contributed by atoms with E-state index in [1.807, 2.05) is 24.4 Å². The highest BCUT2D eigenvalue weighted by molar-refractivity contribution is 6.48. The van der Waals surface area contributed by atoms with Crippen molar-refractivity contribution in [3.63, 3.8) is 0 Å². The van der Waals surface area contributed by atoms with Crippen molar-refractivity contribution < 1.29 is 18.9 Å². The van der Waals surface area contributed by atoms with Gasteiger partial charge in [0.1, 0.15) is 6.04 Å². The van der Waals surface area contributed by atoms with E-state index in [9.17, 15) is 9.59 Å². The molecule has 2 aromatic rings. The number of H-pyrrole nitrogens is 1. The number of fused-ring (bicyclic) bond motifs is 1. The molecule has 7 rings (SSSR count). The first-order chi connectivity index (χ1) is 19.5. The average molecular weight is 562 g/mol. The first-order valence-corrected chi connectivity index (χ1v) is 16.0. The molecular weight excluding hydrogens is 513 g/mol. The van der Waals surface area contributed by atoms with Crippen LogP contribution in [-0.2, 0) is 25.3 Å². The summed E-state index contributed by atoms with van der Waals surface area (Å²) < 4.78 is 13.4. The molecule has 7 nitrogen and oxygen atoms in total. The normalized spacial score (nSPS) is 30.2. The molecule has 2 amide bonds. The lowest BCUT2D eigenvalue weighted by molar-refractivity contribution is -0.199. The summed E-state index contributed by atoms with van der Waals surface area (Å²) in [5.41, 5.74) is 1.98. The number of hydrogen-bond acceptors (Lipinski definition) is 4. The van der Waals surface area contributed by atoms with Gasteiger partial charge in [-0.05, 0) is 79.7 Å². The van der Waals surface area contributed by atoms with Crippen LogP contribution >= 0.6 is 0 Å². The molecule has 0 radical (unpaired) electrons. The van der Waals surface area contributed by atoms with Crippen LogP contribution in [0.1, 0.15) is 91.5 Å². The molecule has 6 atom stereocenters. The van der Waals surface area contributed by atoms with Gasteiger partial charge in [0, 0.05) is 29.9 Å². The Balaban J connectivity index is 1.20. The lowest BCUT2D eigenvalue weighted by atomic mass is 9.43. The molecule has 0 spiro atoms. The SMILES string of the molecule is CC(C)C[C@H](NC(=O)[C@H](Cc1c[nH]c2ccccc12)NC(=O)CC1CCCC1)B1O[C@@H]2C[C@@H]3C[C@@H](C3(C)C)[C@]2(C)O1. The van der Waals surface area contributed by atoms with Gasteiger partial charge in [0.2, 0.25) is 11.8 Å². The molecule has 0 unspecified atom stereocenters. The van der Waals surface area contributed by atoms with Gasteiger partial charge in [0.05, 0.1) is 17.6 Å². The zero-order valence-electron chi connectivity index (χ0n) is 25.5. The first kappa shape index (κ1) is 28.8. The fourth-order valence-corrected chi connectivity index (χ4v) is 8.56. The fourth-order valence-electron chi connectivity index (χ4n) is 8.56. The fraction of sp³-hybridized carbons (Fsp3) is 0.697. The summed E-state index contributed by atoms with van der Waals surface area (Å²) in [7, 11) is -0.491. The minimum absolute atomic E-state index is 0.0359. The molecule has 2 bridgehead atoms. The Morgan fingerprint density at radius 1 is 1.10 bits per heavy atom. The van der Waals surface area contributed by atoms with E-state index in [0.717, 1.165) is 42.1 Å². The molecule has 1 aromatic carbocycles. The van der Waals surface area contributed by atoms with Crippen LogP contribution in [0, 0.1) is 29.1 Å². The second-order valence-electron chi connectivity index (χ2n) is 14.6. The molecule has 2 heterocycles. The summed E-state index contributed by atoms with van der Waals surface area (Å²) in [5.74, 6) is 1.40. The number of benzene rings is 1. The van der Waals surface area contributed by atoms with Crippen molar-refractivity contribution in [2.75, 3.05) is 0 Å². The topological polar surface area (TPSA) is 92.5 Å². The lowest BCUT2D eigenvalue weighted by Crippen LogP contribution is -2.65. The molecule has 4 aliphatic carbocycles. The Morgan fingerprint density at radius 2 is 1.85 bits per heavy atom. The van der Waals surface area contributed by atoms with E-state index in [1.54, 1.807) is 0 Å². The van der Waals surface area contributed by atoms with Crippen molar-refractivity contribution in [3.05, 3.63) is 36.0 Å². The first-order valence-electron chi connectivity index (χ1n) is 16.0. The van der Waals surface area contributed by atoms with Crippen LogP contribution in [0.4, 0.5) is 0 Å². The molecule has 8 heteroatoms. The molecule has 4 saturated carbocycles. The maximum atomic E-state index is 14.0. The van der Waals surface area contributed by atoms with Crippen LogP contribution in [-0.4, -0.2) is 47.6 Å². The molecule has 5 fully saturated rings. The Hall–Kier alpha value is -2.32. The van der Waals surface area contributed by atoms with Crippen molar-refractivity contribution in [1.29, 1.82) is 0 Å². The highest BCUT2D eigenvalue weighted by atomic mass is 16.7. The summed E-state index contributed by atoms with van der Waals surface area (Å²) in [5, 5.41) is 7.52. The smallest absolute Gasteiger partial charge is 0.404 e. The van der Waals surface area contributed by atoms with Crippen molar-refractivity contribution in [3.8, 4) is 0 Å². The molecule has 1 saturated heterocycles. The van der Waals surface area contributed by atoms with Crippen molar-refractivity contribution in [2.45, 2.75) is 116 Å². The third-order valence-corrected chi connectivity index (χ3v) is 11.0. The number of amides is 2. The van der Waals surface area contributed by atoms with Crippen LogP contribution in [0.15, 0.2) is 30.5 Å². The Kier molecular flexibility index (Phi) is 7.77. The zero-order valence-corrected chi connectivity index (χ0v) is 25.5. The van der Waals surface area contributed by atoms with E-state index in [4.69, 9.17) is 9.31 Å². The molecule has 1 aliphatic heterocycles. The van der Waals surface area contributed by atoms with Gasteiger partial charge in [-0.3, -0.25) is 9.59 Å². The van der Waals surface area contributed by atoms with Crippen LogP contribution in [0.25, 0.3) is 10.9 Å². The highest BCUT2D eigenvalue weighted by Gasteiger charge is 2.68. The van der Waals surface area contributed by atoms with Gasteiger partial charge in [-0.15, -0.1) is 0 Å².